The molecule has 0 spiro atoms. The highest BCUT2D eigenvalue weighted by atomic mass is 16.6. The van der Waals surface area contributed by atoms with Crippen molar-refractivity contribution < 1.29 is 14.6 Å². The minimum atomic E-state index is -0.463. The van der Waals surface area contributed by atoms with Crippen molar-refractivity contribution in [3.63, 3.8) is 0 Å². The molecular formula is C10H21NO3. The predicted molar refractivity (Wildman–Crippen MR) is 55.0 cm³/mol. The Kier molecular flexibility index (Phi) is 5.08. The molecule has 0 fully saturated rings. The number of rotatable bonds is 4. The van der Waals surface area contributed by atoms with Crippen molar-refractivity contribution in [2.24, 2.45) is 0 Å². The summed E-state index contributed by atoms with van der Waals surface area (Å²) in [5.74, 6) is -0.294. The Morgan fingerprint density at radius 1 is 1.43 bits per heavy atom. The molecule has 0 aliphatic heterocycles. The van der Waals surface area contributed by atoms with E-state index < -0.39 is 11.6 Å². The van der Waals surface area contributed by atoms with E-state index in [-0.39, 0.29) is 18.6 Å². The van der Waals surface area contributed by atoms with Gasteiger partial charge in [-0.1, -0.05) is 0 Å². The van der Waals surface area contributed by atoms with Crippen molar-refractivity contribution >= 4 is 5.97 Å². The lowest BCUT2D eigenvalue weighted by Crippen LogP contribution is -2.44. The molecule has 84 valence electrons. The minimum Gasteiger partial charge on any atom is -0.459 e. The summed E-state index contributed by atoms with van der Waals surface area (Å²) in [4.78, 5) is 11.4. The van der Waals surface area contributed by atoms with Gasteiger partial charge in [-0.25, -0.2) is 0 Å². The molecular weight excluding hydrogens is 182 g/mol. The topological polar surface area (TPSA) is 58.6 Å². The van der Waals surface area contributed by atoms with Gasteiger partial charge < -0.3 is 9.84 Å². The van der Waals surface area contributed by atoms with Crippen LogP contribution in [-0.4, -0.2) is 35.4 Å². The van der Waals surface area contributed by atoms with Gasteiger partial charge in [-0.15, -0.1) is 0 Å². The van der Waals surface area contributed by atoms with E-state index in [1.165, 1.54) is 0 Å². The maximum Gasteiger partial charge on any atom is 0.323 e. The van der Waals surface area contributed by atoms with Crippen LogP contribution < -0.4 is 5.32 Å². The predicted octanol–water partition coefficient (Wildman–Crippen LogP) is 0.687. The van der Waals surface area contributed by atoms with Crippen LogP contribution >= 0.6 is 0 Å². The maximum atomic E-state index is 11.4. The summed E-state index contributed by atoms with van der Waals surface area (Å²) in [6.45, 7) is 9.02. The number of carbonyl (C=O) groups excluding carboxylic acids is 1. The summed E-state index contributed by atoms with van der Waals surface area (Å²) in [6, 6.07) is -0.492. The fourth-order valence-corrected chi connectivity index (χ4v) is 0.938. The van der Waals surface area contributed by atoms with E-state index in [0.29, 0.717) is 0 Å². The molecule has 0 heterocycles. The largest absolute Gasteiger partial charge is 0.459 e. The number of aliphatic hydroxyl groups is 1. The van der Waals surface area contributed by atoms with Gasteiger partial charge in [-0.05, 0) is 34.6 Å². The van der Waals surface area contributed by atoms with Gasteiger partial charge in [0.25, 0.3) is 0 Å². The first-order chi connectivity index (χ1) is 6.26. The lowest BCUT2D eigenvalue weighted by atomic mass is 10.2. The molecule has 2 atom stereocenters. The molecule has 0 saturated heterocycles. The van der Waals surface area contributed by atoms with Crippen LogP contribution in [0.3, 0.4) is 0 Å². The van der Waals surface area contributed by atoms with E-state index in [9.17, 15) is 4.79 Å². The average Bonchev–Trinajstić information content (AvgIpc) is 2.00. The van der Waals surface area contributed by atoms with Crippen LogP contribution in [0.1, 0.15) is 34.6 Å². The summed E-state index contributed by atoms with van der Waals surface area (Å²) in [6.07, 6.45) is 0. The van der Waals surface area contributed by atoms with Crippen LogP contribution in [0.25, 0.3) is 0 Å². The molecule has 4 nitrogen and oxygen atoms in total. The third-order valence-corrected chi connectivity index (χ3v) is 1.57. The Labute approximate surface area is 85.6 Å². The minimum absolute atomic E-state index is 0.00708. The molecule has 0 aliphatic carbocycles. The van der Waals surface area contributed by atoms with Crippen LogP contribution in [-0.2, 0) is 9.53 Å². The Hall–Kier alpha value is -0.610. The highest BCUT2D eigenvalue weighted by molar-refractivity contribution is 5.75. The van der Waals surface area contributed by atoms with Crippen molar-refractivity contribution in [3.8, 4) is 0 Å². The summed E-state index contributed by atoms with van der Waals surface area (Å²) in [5, 5.41) is 11.7. The van der Waals surface area contributed by atoms with Crippen molar-refractivity contribution in [1.82, 2.24) is 5.32 Å². The molecule has 0 rings (SSSR count). The van der Waals surface area contributed by atoms with Gasteiger partial charge in [-0.3, -0.25) is 10.1 Å². The number of ether oxygens (including phenoxy) is 1. The molecule has 0 aromatic heterocycles. The van der Waals surface area contributed by atoms with E-state index in [1.807, 2.05) is 20.8 Å². The first-order valence-corrected chi connectivity index (χ1v) is 4.86. The van der Waals surface area contributed by atoms with E-state index in [4.69, 9.17) is 9.84 Å². The number of nitrogens with one attached hydrogen (secondary N) is 1. The fraction of sp³-hybridized carbons (Fsp3) is 0.900. The van der Waals surface area contributed by atoms with Gasteiger partial charge in [0, 0.05) is 6.04 Å². The van der Waals surface area contributed by atoms with E-state index in [2.05, 4.69) is 5.32 Å². The smallest absolute Gasteiger partial charge is 0.323 e. The zero-order valence-electron chi connectivity index (χ0n) is 9.63. The highest BCUT2D eigenvalue weighted by Crippen LogP contribution is 2.08. The lowest BCUT2D eigenvalue weighted by Gasteiger charge is -2.24. The average molecular weight is 203 g/mol. The van der Waals surface area contributed by atoms with Crippen LogP contribution in [0.2, 0.25) is 0 Å². The number of carbonyl (C=O) groups is 1. The molecule has 2 N–H and O–H groups in total. The standard InChI is InChI=1S/C10H21NO3/c1-7(6-12)11-8(2)9(13)14-10(3,4)5/h7-8,11-12H,6H2,1-5H3. The van der Waals surface area contributed by atoms with Crippen LogP contribution in [0.5, 0.6) is 0 Å². The Morgan fingerprint density at radius 2 is 1.93 bits per heavy atom. The van der Waals surface area contributed by atoms with Gasteiger partial charge in [0.05, 0.1) is 6.61 Å². The van der Waals surface area contributed by atoms with Crippen LogP contribution in [0.15, 0.2) is 0 Å². The van der Waals surface area contributed by atoms with Crippen LogP contribution in [0.4, 0.5) is 0 Å². The molecule has 0 aromatic carbocycles. The second-order valence-electron chi connectivity index (χ2n) is 4.51. The molecule has 0 amide bonds. The van der Waals surface area contributed by atoms with Crippen molar-refractivity contribution in [2.75, 3.05) is 6.61 Å². The van der Waals surface area contributed by atoms with Gasteiger partial charge in [0.2, 0.25) is 0 Å². The van der Waals surface area contributed by atoms with Gasteiger partial charge >= 0.3 is 5.97 Å². The van der Waals surface area contributed by atoms with Crippen molar-refractivity contribution in [2.45, 2.75) is 52.3 Å². The number of hydrogen-bond donors (Lipinski definition) is 2. The molecule has 4 heteroatoms. The zero-order valence-corrected chi connectivity index (χ0v) is 9.63. The highest BCUT2D eigenvalue weighted by Gasteiger charge is 2.22. The second-order valence-corrected chi connectivity index (χ2v) is 4.51. The van der Waals surface area contributed by atoms with E-state index >= 15 is 0 Å². The molecule has 0 radical (unpaired) electrons. The van der Waals surface area contributed by atoms with E-state index in [0.717, 1.165) is 0 Å². The normalized spacial score (nSPS) is 16.1. The molecule has 0 bridgehead atoms. The summed E-state index contributed by atoms with van der Waals surface area (Å²) in [5.41, 5.74) is -0.463. The monoisotopic (exact) mass is 203 g/mol. The molecule has 14 heavy (non-hydrogen) atoms. The number of aliphatic hydroxyl groups excluding tert-OH is 1. The third kappa shape index (κ3) is 5.94. The molecule has 0 saturated carbocycles. The first-order valence-electron chi connectivity index (χ1n) is 4.86. The number of hydrogen-bond acceptors (Lipinski definition) is 4. The maximum absolute atomic E-state index is 11.4. The third-order valence-electron chi connectivity index (χ3n) is 1.57. The van der Waals surface area contributed by atoms with Crippen LogP contribution in [0, 0.1) is 0 Å². The zero-order chi connectivity index (χ0) is 11.4. The Bertz CT molecular complexity index is 186. The quantitative estimate of drug-likeness (QED) is 0.660. The SMILES string of the molecule is CC(CO)NC(C)C(=O)OC(C)(C)C. The van der Waals surface area contributed by atoms with Gasteiger partial charge in [0.1, 0.15) is 11.6 Å². The van der Waals surface area contributed by atoms with Gasteiger partial charge in [-0.2, -0.15) is 0 Å². The fourth-order valence-electron chi connectivity index (χ4n) is 0.938. The summed E-state index contributed by atoms with van der Waals surface area (Å²) in [7, 11) is 0. The van der Waals surface area contributed by atoms with Crippen molar-refractivity contribution in [3.05, 3.63) is 0 Å². The molecule has 0 aliphatic rings. The number of esters is 1. The van der Waals surface area contributed by atoms with Gasteiger partial charge in [0.15, 0.2) is 0 Å². The van der Waals surface area contributed by atoms with E-state index in [1.54, 1.807) is 13.8 Å². The molecule has 0 aromatic rings. The summed E-state index contributed by atoms with van der Waals surface area (Å²) >= 11 is 0. The van der Waals surface area contributed by atoms with Crippen molar-refractivity contribution in [1.29, 1.82) is 0 Å². The summed E-state index contributed by atoms with van der Waals surface area (Å²) < 4.78 is 5.16. The Balaban J connectivity index is 4.00. The lowest BCUT2D eigenvalue weighted by molar-refractivity contribution is -0.157. The molecule has 2 unspecified atom stereocenters. The first kappa shape index (κ1) is 13.4. The second kappa shape index (κ2) is 5.32. The Morgan fingerprint density at radius 3 is 2.29 bits per heavy atom.